The van der Waals surface area contributed by atoms with Crippen LogP contribution in [0.1, 0.15) is 29.7 Å². The average Bonchev–Trinajstić information content (AvgIpc) is 3.22. The molecule has 2 rings (SSSR count). The second-order valence-corrected chi connectivity index (χ2v) is 7.03. The zero-order chi connectivity index (χ0) is 18.6. The third-order valence-corrected chi connectivity index (χ3v) is 5.12. The quantitative estimate of drug-likeness (QED) is 0.220. The molecule has 1 heterocycles. The highest BCUT2D eigenvalue weighted by Crippen LogP contribution is 2.19. The summed E-state index contributed by atoms with van der Waals surface area (Å²) in [5, 5.41) is 8.82. The Kier molecular flexibility index (Phi) is 12.1. The molecule has 2 aromatic rings. The maximum absolute atomic E-state index is 5.72. The van der Waals surface area contributed by atoms with Crippen molar-refractivity contribution in [1.29, 1.82) is 0 Å². The van der Waals surface area contributed by atoms with E-state index in [9.17, 15) is 0 Å². The first kappa shape index (κ1) is 23.7. The number of nitrogens with one attached hydrogen (secondary N) is 2. The molecule has 1 aromatic heterocycles. The summed E-state index contributed by atoms with van der Waals surface area (Å²) in [6.07, 6.45) is 0.928. The number of hydrogen-bond donors (Lipinski definition) is 2. The summed E-state index contributed by atoms with van der Waals surface area (Å²) in [7, 11) is 3.47. The molecule has 1 unspecified atom stereocenters. The van der Waals surface area contributed by atoms with E-state index in [1.54, 1.807) is 25.5 Å². The van der Waals surface area contributed by atoms with E-state index >= 15 is 0 Å². The van der Waals surface area contributed by atoms with Gasteiger partial charge in [-0.25, -0.2) is 0 Å². The minimum Gasteiger partial charge on any atom is -0.497 e. The van der Waals surface area contributed by atoms with Crippen molar-refractivity contribution in [1.82, 2.24) is 10.6 Å². The number of ether oxygens (including phenoxy) is 2. The van der Waals surface area contributed by atoms with Crippen molar-refractivity contribution in [2.75, 3.05) is 33.9 Å². The first-order valence-electron chi connectivity index (χ1n) is 8.91. The lowest BCUT2D eigenvalue weighted by Crippen LogP contribution is -2.39. The predicted octanol–water partition coefficient (Wildman–Crippen LogP) is 4.25. The van der Waals surface area contributed by atoms with Gasteiger partial charge in [-0.2, -0.15) is 0 Å². The molecular formula is C20H30IN3O2S. The summed E-state index contributed by atoms with van der Waals surface area (Å²) in [5.74, 6) is 2.18. The lowest BCUT2D eigenvalue weighted by atomic mass is 10.1. The van der Waals surface area contributed by atoms with Crippen molar-refractivity contribution < 1.29 is 9.47 Å². The Hall–Kier alpha value is -1.32. The Balaban J connectivity index is 0.00000364. The normalized spacial score (nSPS) is 12.2. The Labute approximate surface area is 183 Å². The zero-order valence-electron chi connectivity index (χ0n) is 16.2. The number of methoxy groups -OCH3 is 1. The Morgan fingerprint density at radius 2 is 1.96 bits per heavy atom. The van der Waals surface area contributed by atoms with Crippen LogP contribution in [-0.2, 0) is 11.3 Å². The van der Waals surface area contributed by atoms with E-state index in [2.05, 4.69) is 40.1 Å². The van der Waals surface area contributed by atoms with Gasteiger partial charge >= 0.3 is 0 Å². The average molecular weight is 503 g/mol. The first-order valence-corrected chi connectivity index (χ1v) is 9.79. The van der Waals surface area contributed by atoms with E-state index in [0.717, 1.165) is 36.8 Å². The largest absolute Gasteiger partial charge is 0.497 e. The minimum absolute atomic E-state index is 0. The fraction of sp³-hybridized carbons (Fsp3) is 0.450. The van der Waals surface area contributed by atoms with Gasteiger partial charge in [-0.1, -0.05) is 25.1 Å². The van der Waals surface area contributed by atoms with Gasteiger partial charge in [0.2, 0.25) is 0 Å². The van der Waals surface area contributed by atoms with Crippen LogP contribution in [0, 0.1) is 0 Å². The topological polar surface area (TPSA) is 54.9 Å². The third-order valence-electron chi connectivity index (χ3n) is 4.01. The summed E-state index contributed by atoms with van der Waals surface area (Å²) >= 11 is 1.79. The monoisotopic (exact) mass is 503 g/mol. The number of hydrogen-bond acceptors (Lipinski definition) is 4. The molecule has 0 amide bonds. The Morgan fingerprint density at radius 1 is 1.19 bits per heavy atom. The summed E-state index contributed by atoms with van der Waals surface area (Å²) in [4.78, 5) is 5.66. The maximum atomic E-state index is 5.72. The number of rotatable bonds is 10. The van der Waals surface area contributed by atoms with Crippen LogP contribution in [0.5, 0.6) is 5.75 Å². The summed E-state index contributed by atoms with van der Waals surface area (Å²) in [6.45, 7) is 5.25. The van der Waals surface area contributed by atoms with E-state index < -0.39 is 0 Å². The molecule has 0 aliphatic heterocycles. The van der Waals surface area contributed by atoms with E-state index in [-0.39, 0.29) is 24.0 Å². The smallest absolute Gasteiger partial charge is 0.190 e. The van der Waals surface area contributed by atoms with Crippen molar-refractivity contribution in [2.24, 2.45) is 4.99 Å². The molecule has 7 heteroatoms. The van der Waals surface area contributed by atoms with Gasteiger partial charge < -0.3 is 20.1 Å². The molecule has 0 fully saturated rings. The van der Waals surface area contributed by atoms with Crippen LogP contribution >= 0.6 is 35.3 Å². The highest BCUT2D eigenvalue weighted by Gasteiger charge is 2.07. The molecular weight excluding hydrogens is 473 g/mol. The molecule has 0 aliphatic carbocycles. The standard InChI is InChI=1S/C20H29N3O2S.HI/c1-16(19-6-4-13-26-19)14-23-20(21-2)22-11-5-12-25-15-17-7-9-18(24-3)10-8-17;/h4,6-10,13,16H,5,11-12,14-15H2,1-3H3,(H2,21,22,23);1H. The Morgan fingerprint density at radius 3 is 2.59 bits per heavy atom. The van der Waals surface area contributed by atoms with Crippen LogP contribution in [0.15, 0.2) is 46.8 Å². The number of nitrogens with zero attached hydrogens (tertiary/aromatic N) is 1. The SMILES string of the molecule is CN=C(NCCCOCc1ccc(OC)cc1)NCC(C)c1cccs1.I. The van der Waals surface area contributed by atoms with Crippen molar-refractivity contribution in [3.05, 3.63) is 52.2 Å². The van der Waals surface area contributed by atoms with Crippen LogP contribution in [0.4, 0.5) is 0 Å². The molecule has 150 valence electrons. The molecule has 2 N–H and O–H groups in total. The molecule has 0 spiro atoms. The lowest BCUT2D eigenvalue weighted by molar-refractivity contribution is 0.119. The van der Waals surface area contributed by atoms with Gasteiger partial charge in [-0.15, -0.1) is 35.3 Å². The van der Waals surface area contributed by atoms with E-state index in [1.165, 1.54) is 4.88 Å². The first-order chi connectivity index (χ1) is 12.7. The molecule has 1 aromatic carbocycles. The number of guanidine groups is 1. The van der Waals surface area contributed by atoms with E-state index in [1.807, 2.05) is 24.3 Å². The van der Waals surface area contributed by atoms with Gasteiger partial charge in [0.05, 0.1) is 13.7 Å². The van der Waals surface area contributed by atoms with Crippen molar-refractivity contribution >= 4 is 41.3 Å². The van der Waals surface area contributed by atoms with Gasteiger partial charge in [-0.3, -0.25) is 4.99 Å². The van der Waals surface area contributed by atoms with Crippen LogP contribution < -0.4 is 15.4 Å². The summed E-state index contributed by atoms with van der Waals surface area (Å²) < 4.78 is 10.9. The highest BCUT2D eigenvalue weighted by atomic mass is 127. The highest BCUT2D eigenvalue weighted by molar-refractivity contribution is 14.0. The molecule has 27 heavy (non-hydrogen) atoms. The van der Waals surface area contributed by atoms with Gasteiger partial charge in [0.1, 0.15) is 5.75 Å². The second-order valence-electron chi connectivity index (χ2n) is 6.05. The van der Waals surface area contributed by atoms with Gasteiger partial charge in [0.15, 0.2) is 5.96 Å². The number of aliphatic imine (C=N–C) groups is 1. The molecule has 0 saturated carbocycles. The molecule has 5 nitrogen and oxygen atoms in total. The van der Waals surface area contributed by atoms with Crippen LogP contribution in [0.25, 0.3) is 0 Å². The van der Waals surface area contributed by atoms with Crippen molar-refractivity contribution in [3.63, 3.8) is 0 Å². The van der Waals surface area contributed by atoms with Crippen molar-refractivity contribution in [3.8, 4) is 5.75 Å². The summed E-state index contributed by atoms with van der Waals surface area (Å²) in [5.41, 5.74) is 1.15. The maximum Gasteiger partial charge on any atom is 0.190 e. The fourth-order valence-electron chi connectivity index (χ4n) is 2.44. The molecule has 0 aliphatic rings. The molecule has 0 bridgehead atoms. The number of thiophene rings is 1. The van der Waals surface area contributed by atoms with E-state index in [4.69, 9.17) is 9.47 Å². The Bertz CT molecular complexity index is 648. The minimum atomic E-state index is 0. The van der Waals surface area contributed by atoms with E-state index in [0.29, 0.717) is 19.1 Å². The van der Waals surface area contributed by atoms with Crippen molar-refractivity contribution in [2.45, 2.75) is 25.9 Å². The predicted molar refractivity (Wildman–Crippen MR) is 125 cm³/mol. The molecule has 0 saturated heterocycles. The lowest BCUT2D eigenvalue weighted by Gasteiger charge is -2.15. The number of benzene rings is 1. The van der Waals surface area contributed by atoms with Crippen LogP contribution in [0.3, 0.4) is 0 Å². The molecule has 0 radical (unpaired) electrons. The third kappa shape index (κ3) is 8.94. The zero-order valence-corrected chi connectivity index (χ0v) is 19.4. The molecule has 1 atom stereocenters. The fourth-order valence-corrected chi connectivity index (χ4v) is 3.22. The van der Waals surface area contributed by atoms with Crippen LogP contribution in [-0.4, -0.2) is 39.8 Å². The van der Waals surface area contributed by atoms with Gasteiger partial charge in [-0.05, 0) is 35.6 Å². The number of halogens is 1. The van der Waals surface area contributed by atoms with Gasteiger partial charge in [0.25, 0.3) is 0 Å². The van der Waals surface area contributed by atoms with Crippen LogP contribution in [0.2, 0.25) is 0 Å². The van der Waals surface area contributed by atoms with Gasteiger partial charge in [0, 0.05) is 37.5 Å². The second kappa shape index (κ2) is 13.8. The summed E-state index contributed by atoms with van der Waals surface area (Å²) in [6, 6.07) is 12.2.